The molecule has 2 aromatic rings. The smallest absolute Gasteiger partial charge is 0.185 e. The Hall–Kier alpha value is -2.26. The molecule has 3 nitrogen and oxygen atoms in total. The van der Waals surface area contributed by atoms with E-state index in [4.69, 9.17) is 21.1 Å². The Kier molecular flexibility index (Phi) is 6.44. The molecule has 0 aliphatic carbocycles. The lowest BCUT2D eigenvalue weighted by molar-refractivity contribution is 0.104. The van der Waals surface area contributed by atoms with Crippen molar-refractivity contribution in [3.63, 3.8) is 0 Å². The highest BCUT2D eigenvalue weighted by molar-refractivity contribution is 6.30. The van der Waals surface area contributed by atoms with Crippen LogP contribution in [0.3, 0.4) is 0 Å². The minimum atomic E-state index is -0.0923. The lowest BCUT2D eigenvalue weighted by Gasteiger charge is -2.14. The van der Waals surface area contributed by atoms with Gasteiger partial charge in [0, 0.05) is 16.1 Å². The van der Waals surface area contributed by atoms with Gasteiger partial charge in [0.05, 0.1) is 14.2 Å². The van der Waals surface area contributed by atoms with Crippen molar-refractivity contribution in [2.24, 2.45) is 0 Å². The van der Waals surface area contributed by atoms with Gasteiger partial charge < -0.3 is 9.47 Å². The molecule has 2 aromatic carbocycles. The molecule has 2 rings (SSSR count). The lowest BCUT2D eigenvalue weighted by atomic mass is 10.0. The Bertz CT molecular complexity index is 733. The van der Waals surface area contributed by atoms with Gasteiger partial charge in [0.15, 0.2) is 17.3 Å². The summed E-state index contributed by atoms with van der Waals surface area (Å²) in [5.74, 6) is 1.27. The molecule has 0 atom stereocenters. The Morgan fingerprint density at radius 1 is 1.04 bits per heavy atom. The number of ether oxygens (including phenoxy) is 2. The van der Waals surface area contributed by atoms with Crippen molar-refractivity contribution in [3.8, 4) is 11.5 Å². The van der Waals surface area contributed by atoms with Gasteiger partial charge in [0.1, 0.15) is 0 Å². The van der Waals surface area contributed by atoms with Gasteiger partial charge in [-0.3, -0.25) is 4.79 Å². The molecule has 0 spiro atoms. The molecule has 0 unspecified atom stereocenters. The standard InChI is InChI=1S/C20H21ClO3/c1-4-5-15-6-7-16(20(24-3)19(15)23-2)10-13-18(22)14-8-11-17(21)12-9-14/h6-13H,4-5H2,1-3H3/b13-10+. The summed E-state index contributed by atoms with van der Waals surface area (Å²) in [6.07, 6.45) is 5.20. The molecule has 0 radical (unpaired) electrons. The van der Waals surface area contributed by atoms with Crippen LogP contribution in [-0.2, 0) is 6.42 Å². The van der Waals surface area contributed by atoms with Crippen LogP contribution in [0.1, 0.15) is 34.8 Å². The third kappa shape index (κ3) is 4.18. The fourth-order valence-corrected chi connectivity index (χ4v) is 2.65. The van der Waals surface area contributed by atoms with Gasteiger partial charge in [-0.1, -0.05) is 37.1 Å². The second-order valence-corrected chi connectivity index (χ2v) is 5.77. The first-order valence-electron chi connectivity index (χ1n) is 7.82. The first-order chi connectivity index (χ1) is 11.6. The number of carbonyl (C=O) groups is 1. The molecular formula is C20H21ClO3. The summed E-state index contributed by atoms with van der Waals surface area (Å²) in [7, 11) is 3.23. The van der Waals surface area contributed by atoms with Crippen LogP contribution in [0.15, 0.2) is 42.5 Å². The van der Waals surface area contributed by atoms with Crippen molar-refractivity contribution in [2.45, 2.75) is 19.8 Å². The minimum Gasteiger partial charge on any atom is -0.493 e. The highest BCUT2D eigenvalue weighted by Crippen LogP contribution is 2.36. The van der Waals surface area contributed by atoms with E-state index >= 15 is 0 Å². The Balaban J connectivity index is 2.31. The zero-order valence-corrected chi connectivity index (χ0v) is 14.9. The number of halogens is 1. The summed E-state index contributed by atoms with van der Waals surface area (Å²) in [6, 6.07) is 10.8. The quantitative estimate of drug-likeness (QED) is 0.511. The maximum atomic E-state index is 12.3. The Labute approximate surface area is 147 Å². The highest BCUT2D eigenvalue weighted by Gasteiger charge is 2.13. The predicted molar refractivity (Wildman–Crippen MR) is 98.4 cm³/mol. The number of carbonyl (C=O) groups excluding carboxylic acids is 1. The largest absolute Gasteiger partial charge is 0.493 e. The van der Waals surface area contributed by atoms with Gasteiger partial charge in [0.2, 0.25) is 0 Å². The van der Waals surface area contributed by atoms with Gasteiger partial charge in [-0.15, -0.1) is 0 Å². The van der Waals surface area contributed by atoms with E-state index in [1.165, 1.54) is 6.08 Å². The number of ketones is 1. The van der Waals surface area contributed by atoms with E-state index in [1.54, 1.807) is 44.6 Å². The Morgan fingerprint density at radius 2 is 1.71 bits per heavy atom. The van der Waals surface area contributed by atoms with E-state index in [0.717, 1.165) is 29.7 Å². The van der Waals surface area contributed by atoms with E-state index in [2.05, 4.69) is 6.92 Å². The van der Waals surface area contributed by atoms with Gasteiger partial charge >= 0.3 is 0 Å². The summed E-state index contributed by atoms with van der Waals surface area (Å²) < 4.78 is 11.0. The normalized spacial score (nSPS) is 10.8. The molecule has 0 aliphatic rings. The van der Waals surface area contributed by atoms with Crippen LogP contribution in [0.2, 0.25) is 5.02 Å². The topological polar surface area (TPSA) is 35.5 Å². The van der Waals surface area contributed by atoms with Crippen LogP contribution in [0.4, 0.5) is 0 Å². The molecule has 0 N–H and O–H groups in total. The number of benzene rings is 2. The number of hydrogen-bond donors (Lipinski definition) is 0. The van der Waals surface area contributed by atoms with Crippen LogP contribution in [-0.4, -0.2) is 20.0 Å². The highest BCUT2D eigenvalue weighted by atomic mass is 35.5. The first kappa shape index (κ1) is 18.1. The van der Waals surface area contributed by atoms with Crippen molar-refractivity contribution < 1.29 is 14.3 Å². The third-order valence-electron chi connectivity index (χ3n) is 3.69. The van der Waals surface area contributed by atoms with E-state index < -0.39 is 0 Å². The number of hydrogen-bond acceptors (Lipinski definition) is 3. The molecule has 24 heavy (non-hydrogen) atoms. The molecule has 0 amide bonds. The number of allylic oxidation sites excluding steroid dienone is 1. The van der Waals surface area contributed by atoms with E-state index in [9.17, 15) is 4.79 Å². The average molecular weight is 345 g/mol. The molecular weight excluding hydrogens is 324 g/mol. The van der Waals surface area contributed by atoms with Crippen molar-refractivity contribution in [2.75, 3.05) is 14.2 Å². The summed E-state index contributed by atoms with van der Waals surface area (Å²) in [5.41, 5.74) is 2.48. The lowest BCUT2D eigenvalue weighted by Crippen LogP contribution is -1.99. The monoisotopic (exact) mass is 344 g/mol. The first-order valence-corrected chi connectivity index (χ1v) is 8.20. The molecule has 0 saturated carbocycles. The number of rotatable bonds is 7. The molecule has 0 aromatic heterocycles. The van der Waals surface area contributed by atoms with E-state index in [-0.39, 0.29) is 5.78 Å². The second kappa shape index (κ2) is 8.55. The minimum absolute atomic E-state index is 0.0923. The van der Waals surface area contributed by atoms with Gasteiger partial charge in [-0.05, 0) is 48.4 Å². The van der Waals surface area contributed by atoms with Crippen LogP contribution >= 0.6 is 11.6 Å². The van der Waals surface area contributed by atoms with Gasteiger partial charge in [-0.25, -0.2) is 0 Å². The number of methoxy groups -OCH3 is 2. The molecule has 0 bridgehead atoms. The predicted octanol–water partition coefficient (Wildman–Crippen LogP) is 5.21. The third-order valence-corrected chi connectivity index (χ3v) is 3.95. The molecule has 0 heterocycles. The zero-order chi connectivity index (χ0) is 17.5. The summed E-state index contributed by atoms with van der Waals surface area (Å²) in [6.45, 7) is 2.12. The SMILES string of the molecule is CCCc1ccc(/C=C/C(=O)c2ccc(Cl)cc2)c(OC)c1OC. The van der Waals surface area contributed by atoms with Crippen LogP contribution < -0.4 is 9.47 Å². The number of aryl methyl sites for hydroxylation is 1. The average Bonchev–Trinajstić information content (AvgIpc) is 2.60. The van der Waals surface area contributed by atoms with Crippen LogP contribution in [0.5, 0.6) is 11.5 Å². The summed E-state index contributed by atoms with van der Waals surface area (Å²) in [5, 5.41) is 0.605. The fraction of sp³-hybridized carbons (Fsp3) is 0.250. The second-order valence-electron chi connectivity index (χ2n) is 5.33. The maximum absolute atomic E-state index is 12.3. The zero-order valence-electron chi connectivity index (χ0n) is 14.1. The molecule has 126 valence electrons. The van der Waals surface area contributed by atoms with Gasteiger partial charge in [-0.2, -0.15) is 0 Å². The van der Waals surface area contributed by atoms with Crippen molar-refractivity contribution >= 4 is 23.5 Å². The molecule has 0 aliphatic heterocycles. The molecule has 4 heteroatoms. The van der Waals surface area contributed by atoms with Crippen molar-refractivity contribution in [1.82, 2.24) is 0 Å². The fourth-order valence-electron chi connectivity index (χ4n) is 2.53. The van der Waals surface area contributed by atoms with Crippen LogP contribution in [0, 0.1) is 0 Å². The van der Waals surface area contributed by atoms with E-state index in [1.807, 2.05) is 12.1 Å². The van der Waals surface area contributed by atoms with Gasteiger partial charge in [0.25, 0.3) is 0 Å². The Morgan fingerprint density at radius 3 is 2.29 bits per heavy atom. The van der Waals surface area contributed by atoms with E-state index in [0.29, 0.717) is 16.3 Å². The summed E-state index contributed by atoms with van der Waals surface area (Å²) in [4.78, 5) is 12.3. The van der Waals surface area contributed by atoms with Crippen LogP contribution in [0.25, 0.3) is 6.08 Å². The summed E-state index contributed by atoms with van der Waals surface area (Å²) >= 11 is 5.84. The maximum Gasteiger partial charge on any atom is 0.185 e. The molecule has 0 saturated heterocycles. The molecule has 0 fully saturated rings. The van der Waals surface area contributed by atoms with Crippen molar-refractivity contribution in [1.29, 1.82) is 0 Å². The van der Waals surface area contributed by atoms with Crippen molar-refractivity contribution in [3.05, 3.63) is 64.2 Å².